The molecule has 0 radical (unpaired) electrons. The van der Waals surface area contributed by atoms with Crippen molar-refractivity contribution in [2.24, 2.45) is 0 Å². The van der Waals surface area contributed by atoms with Crippen LogP contribution in [0.4, 0.5) is 13.2 Å². The maximum Gasteiger partial charge on any atom is 0.466 e. The van der Waals surface area contributed by atoms with Gasteiger partial charge in [0.25, 0.3) is 0 Å². The summed E-state index contributed by atoms with van der Waals surface area (Å²) < 4.78 is 37.9. The lowest BCUT2D eigenvalue weighted by Crippen LogP contribution is -1.66. The Balaban J connectivity index is 0. The van der Waals surface area contributed by atoms with Gasteiger partial charge in [0.15, 0.2) is 0 Å². The smallest absolute Gasteiger partial charge is 0.303 e. The van der Waals surface area contributed by atoms with Gasteiger partial charge in [-0.15, -0.1) is 0 Å². The van der Waals surface area contributed by atoms with Crippen LogP contribution in [0.5, 0.6) is 0 Å². The van der Waals surface area contributed by atoms with Gasteiger partial charge in [-0.2, -0.15) is 13.2 Å². The zero-order valence-corrected chi connectivity index (χ0v) is 4.80. The molecule has 0 aromatic heterocycles. The molecule has 9 heavy (non-hydrogen) atoms. The monoisotopic (exact) mass is 168 g/mol. The standard InChI is InChI=1S/CHF3.H3O4P/c2-1(3)4;1-5(2,3)4/h1H;(H3,1,2,3,4). The first-order valence-electron chi connectivity index (χ1n) is 1.44. The predicted octanol–water partition coefficient (Wildman–Crippen LogP) is 0.250. The van der Waals surface area contributed by atoms with Crippen LogP contribution < -0.4 is 0 Å². The van der Waals surface area contributed by atoms with Crippen molar-refractivity contribution in [1.82, 2.24) is 0 Å². The normalized spacial score (nSPS) is 10.6. The van der Waals surface area contributed by atoms with E-state index in [-0.39, 0.29) is 0 Å². The zero-order valence-electron chi connectivity index (χ0n) is 3.91. The number of hydrogen-bond acceptors (Lipinski definition) is 1. The molecule has 0 aromatic carbocycles. The molecule has 4 nitrogen and oxygen atoms in total. The van der Waals surface area contributed by atoms with Crippen LogP contribution in [0.2, 0.25) is 0 Å². The van der Waals surface area contributed by atoms with Crippen LogP contribution >= 0.6 is 7.82 Å². The van der Waals surface area contributed by atoms with Gasteiger partial charge >= 0.3 is 14.5 Å². The summed E-state index contributed by atoms with van der Waals surface area (Å²) in [7, 11) is -4.64. The van der Waals surface area contributed by atoms with Gasteiger partial charge in [0.1, 0.15) is 0 Å². The number of hydrogen-bond donors (Lipinski definition) is 3. The number of halogens is 3. The minimum absolute atomic E-state index is 3.67. The molecule has 0 bridgehead atoms. The lowest BCUT2D eigenvalue weighted by molar-refractivity contribution is 0.00819. The first-order chi connectivity index (χ1) is 3.73. The Morgan fingerprint density at radius 1 is 1.11 bits per heavy atom. The third-order valence-electron chi connectivity index (χ3n) is 0. The van der Waals surface area contributed by atoms with Crippen molar-refractivity contribution in [3.63, 3.8) is 0 Å². The third kappa shape index (κ3) is 27500. The average Bonchev–Trinajstić information content (AvgIpc) is 1.19. The van der Waals surface area contributed by atoms with Crippen LogP contribution in [-0.4, -0.2) is 21.4 Å². The molecule has 8 heteroatoms. The minimum Gasteiger partial charge on any atom is -0.303 e. The fourth-order valence-electron chi connectivity index (χ4n) is 0. The second-order valence-electron chi connectivity index (χ2n) is 0.761. The molecule has 58 valence electrons. The zero-order chi connectivity index (χ0) is 8.08. The van der Waals surface area contributed by atoms with Crippen molar-refractivity contribution in [2.45, 2.75) is 6.68 Å². The van der Waals surface area contributed by atoms with E-state index in [1.807, 2.05) is 0 Å². The maximum atomic E-state index is 9.67. The van der Waals surface area contributed by atoms with Gasteiger partial charge in [-0.25, -0.2) is 4.57 Å². The number of phosphoric acid groups is 1. The summed E-state index contributed by atoms with van der Waals surface area (Å²) in [5.41, 5.74) is 0. The molecule has 0 saturated carbocycles. The second kappa shape index (κ2) is 4.75. The highest BCUT2D eigenvalue weighted by molar-refractivity contribution is 7.45. The predicted molar refractivity (Wildman–Crippen MR) is 21.4 cm³/mol. The van der Waals surface area contributed by atoms with E-state index < -0.39 is 14.5 Å². The first kappa shape index (κ1) is 11.7. The SMILES string of the molecule is FC(F)F.O=P(O)(O)O. The Kier molecular flexibility index (Phi) is 6.16. The molecule has 0 saturated heterocycles. The number of rotatable bonds is 0. The van der Waals surface area contributed by atoms with Gasteiger partial charge in [0.2, 0.25) is 0 Å². The van der Waals surface area contributed by atoms with Crippen molar-refractivity contribution in [1.29, 1.82) is 0 Å². The summed E-state index contributed by atoms with van der Waals surface area (Å²) in [6.07, 6.45) is 0. The molecule has 0 aliphatic rings. The van der Waals surface area contributed by atoms with Crippen LogP contribution in [-0.2, 0) is 4.57 Å². The highest BCUT2D eigenvalue weighted by atomic mass is 31.2. The molecule has 0 heterocycles. The Hall–Kier alpha value is -0.100. The highest BCUT2D eigenvalue weighted by Gasteiger charge is 2.00. The largest absolute Gasteiger partial charge is 0.466 e. The van der Waals surface area contributed by atoms with E-state index in [9.17, 15) is 13.2 Å². The molecule has 0 fully saturated rings. The summed E-state index contributed by atoms with van der Waals surface area (Å²) in [6, 6.07) is 0. The number of alkyl halides is 3. The first-order valence-corrected chi connectivity index (χ1v) is 3.00. The van der Waals surface area contributed by atoms with E-state index >= 15 is 0 Å². The fraction of sp³-hybridized carbons (Fsp3) is 1.00. The summed E-state index contributed by atoms with van der Waals surface area (Å²) in [6.45, 7) is -3.67. The van der Waals surface area contributed by atoms with Crippen LogP contribution in [0.15, 0.2) is 0 Å². The topological polar surface area (TPSA) is 77.8 Å². The molecule has 0 unspecified atom stereocenters. The lowest BCUT2D eigenvalue weighted by atomic mass is 11.6. The quantitative estimate of drug-likeness (QED) is 0.453. The molecule has 3 N–H and O–H groups in total. The Morgan fingerprint density at radius 3 is 1.11 bits per heavy atom. The average molecular weight is 168 g/mol. The molecule has 0 atom stereocenters. The van der Waals surface area contributed by atoms with Gasteiger partial charge in [0, 0.05) is 0 Å². The van der Waals surface area contributed by atoms with E-state index in [1.165, 1.54) is 0 Å². The minimum atomic E-state index is -4.64. The lowest BCUT2D eigenvalue weighted by Gasteiger charge is -1.82. The van der Waals surface area contributed by atoms with Gasteiger partial charge in [-0.1, -0.05) is 0 Å². The van der Waals surface area contributed by atoms with Crippen molar-refractivity contribution in [3.05, 3.63) is 0 Å². The van der Waals surface area contributed by atoms with Crippen molar-refractivity contribution in [2.75, 3.05) is 0 Å². The van der Waals surface area contributed by atoms with Crippen molar-refractivity contribution < 1.29 is 32.4 Å². The summed E-state index contributed by atoms with van der Waals surface area (Å²) in [5.74, 6) is 0. The molecule has 0 amide bonds. The molecule has 0 spiro atoms. The molecule has 0 rings (SSSR count). The molecule has 0 aromatic rings. The van der Waals surface area contributed by atoms with E-state index in [1.54, 1.807) is 0 Å². The third-order valence-corrected chi connectivity index (χ3v) is 0. The van der Waals surface area contributed by atoms with Crippen molar-refractivity contribution in [3.8, 4) is 0 Å². The summed E-state index contributed by atoms with van der Waals surface area (Å²) in [5, 5.41) is 0. The van der Waals surface area contributed by atoms with Gasteiger partial charge < -0.3 is 14.7 Å². The van der Waals surface area contributed by atoms with Gasteiger partial charge in [-0.3, -0.25) is 0 Å². The Labute approximate surface area is 48.2 Å². The van der Waals surface area contributed by atoms with E-state index in [4.69, 9.17) is 19.2 Å². The van der Waals surface area contributed by atoms with E-state index in [2.05, 4.69) is 0 Å². The maximum absolute atomic E-state index is 9.67. The molecular weight excluding hydrogens is 164 g/mol. The van der Waals surface area contributed by atoms with Crippen LogP contribution in [0.25, 0.3) is 0 Å². The molecule has 0 aliphatic heterocycles. The van der Waals surface area contributed by atoms with Crippen LogP contribution in [0, 0.1) is 0 Å². The van der Waals surface area contributed by atoms with E-state index in [0.29, 0.717) is 0 Å². The second-order valence-corrected chi connectivity index (χ2v) is 1.79. The molecule has 0 aliphatic carbocycles. The molecular formula is CH4F3O4P. The summed E-state index contributed by atoms with van der Waals surface area (Å²) in [4.78, 5) is 21.6. The highest BCUT2D eigenvalue weighted by Crippen LogP contribution is 2.25. The Bertz CT molecular complexity index is 87.0. The van der Waals surface area contributed by atoms with Gasteiger partial charge in [0.05, 0.1) is 0 Å². The van der Waals surface area contributed by atoms with Crippen LogP contribution in [0.3, 0.4) is 0 Å². The van der Waals surface area contributed by atoms with Gasteiger partial charge in [-0.05, 0) is 0 Å². The summed E-state index contributed by atoms with van der Waals surface area (Å²) >= 11 is 0. The fourth-order valence-corrected chi connectivity index (χ4v) is 0. The Morgan fingerprint density at radius 2 is 1.11 bits per heavy atom. The van der Waals surface area contributed by atoms with Crippen molar-refractivity contribution >= 4 is 7.82 Å². The van der Waals surface area contributed by atoms with Crippen LogP contribution in [0.1, 0.15) is 0 Å². The van der Waals surface area contributed by atoms with E-state index in [0.717, 1.165) is 0 Å².